The maximum atomic E-state index is 11.2. The van der Waals surface area contributed by atoms with E-state index in [1.165, 1.54) is 12.1 Å². The van der Waals surface area contributed by atoms with Gasteiger partial charge in [-0.1, -0.05) is 0 Å². The highest BCUT2D eigenvalue weighted by atomic mass is 16.4. The summed E-state index contributed by atoms with van der Waals surface area (Å²) in [7, 11) is 0. The number of hydrogen-bond donors (Lipinski definition) is 1. The minimum atomic E-state index is -0.833. The van der Waals surface area contributed by atoms with Crippen molar-refractivity contribution in [3.8, 4) is 0 Å². The van der Waals surface area contributed by atoms with E-state index in [-0.39, 0.29) is 17.9 Å². The first-order valence-corrected chi connectivity index (χ1v) is 4.83. The van der Waals surface area contributed by atoms with Crippen molar-refractivity contribution < 1.29 is 9.90 Å². The van der Waals surface area contributed by atoms with E-state index in [4.69, 9.17) is 5.11 Å². The van der Waals surface area contributed by atoms with Crippen molar-refractivity contribution >= 4 is 5.97 Å². The van der Waals surface area contributed by atoms with Gasteiger partial charge in [0.25, 0.3) is 0 Å². The van der Waals surface area contributed by atoms with Gasteiger partial charge in [-0.25, -0.2) is 0 Å². The first-order valence-electron chi connectivity index (χ1n) is 4.83. The smallest absolute Gasteiger partial charge is 0.305 e. The molecule has 1 aromatic rings. The molecule has 0 aromatic carbocycles. The molecule has 0 radical (unpaired) electrons. The average molecular weight is 209 g/mol. The van der Waals surface area contributed by atoms with Gasteiger partial charge in [0.1, 0.15) is 0 Å². The molecule has 0 aliphatic heterocycles. The normalized spacial score (nSPS) is 12.5. The molecule has 0 spiro atoms. The lowest BCUT2D eigenvalue weighted by molar-refractivity contribution is -0.137. The number of aliphatic carboxylic acids is 1. The molecule has 1 N–H and O–H groups in total. The Morgan fingerprint density at radius 3 is 2.27 bits per heavy atom. The molecule has 0 saturated heterocycles. The summed E-state index contributed by atoms with van der Waals surface area (Å²) in [6.45, 7) is 5.46. The maximum absolute atomic E-state index is 11.2. The molecule has 0 fully saturated rings. The molecule has 1 unspecified atom stereocenters. The Morgan fingerprint density at radius 2 is 1.87 bits per heavy atom. The number of nitrogens with zero attached hydrogens (tertiary/aromatic N) is 1. The molecule has 4 heteroatoms. The second kappa shape index (κ2) is 4.29. The quantitative estimate of drug-likeness (QED) is 0.820. The molecule has 0 amide bonds. The summed E-state index contributed by atoms with van der Waals surface area (Å²) in [4.78, 5) is 21.8. The van der Waals surface area contributed by atoms with Crippen molar-refractivity contribution in [3.63, 3.8) is 0 Å². The third-order valence-electron chi connectivity index (χ3n) is 2.37. The molecule has 4 nitrogen and oxygen atoms in total. The third-order valence-corrected chi connectivity index (χ3v) is 2.37. The van der Waals surface area contributed by atoms with Crippen LogP contribution in [0.15, 0.2) is 16.9 Å². The van der Waals surface area contributed by atoms with Crippen molar-refractivity contribution in [2.45, 2.75) is 33.2 Å². The lowest BCUT2D eigenvalue weighted by Crippen LogP contribution is -2.18. The first-order chi connectivity index (χ1) is 6.91. The molecular formula is C11H15NO3. The minimum Gasteiger partial charge on any atom is -0.481 e. The number of hydrogen-bond acceptors (Lipinski definition) is 2. The number of carboxylic acid groups (broad SMARTS) is 1. The van der Waals surface area contributed by atoms with E-state index in [1.54, 1.807) is 0 Å². The van der Waals surface area contributed by atoms with Crippen LogP contribution in [0, 0.1) is 13.8 Å². The molecule has 82 valence electrons. The van der Waals surface area contributed by atoms with Crippen LogP contribution in [0.4, 0.5) is 0 Å². The lowest BCUT2D eigenvalue weighted by Gasteiger charge is -2.20. The van der Waals surface area contributed by atoms with Gasteiger partial charge in [-0.05, 0) is 20.8 Å². The first kappa shape index (κ1) is 11.5. The Morgan fingerprint density at radius 1 is 1.40 bits per heavy atom. The molecular weight excluding hydrogens is 194 g/mol. The molecule has 1 atom stereocenters. The number of aryl methyl sites for hydroxylation is 2. The van der Waals surface area contributed by atoms with Crippen LogP contribution in [-0.4, -0.2) is 15.6 Å². The standard InChI is InChI=1S/C11H15NO3/c1-7-4-10(13)5-8(2)12(7)9(3)6-11(14)15/h4-5,9H,6H2,1-3H3,(H,14,15). The zero-order chi connectivity index (χ0) is 11.6. The second-order valence-corrected chi connectivity index (χ2v) is 3.79. The zero-order valence-electron chi connectivity index (χ0n) is 9.15. The van der Waals surface area contributed by atoms with Gasteiger partial charge >= 0.3 is 5.97 Å². The van der Waals surface area contributed by atoms with Gasteiger partial charge < -0.3 is 9.67 Å². The molecule has 0 saturated carbocycles. The van der Waals surface area contributed by atoms with Crippen LogP contribution >= 0.6 is 0 Å². The van der Waals surface area contributed by atoms with Crippen LogP contribution in [0.25, 0.3) is 0 Å². The van der Waals surface area contributed by atoms with E-state index in [0.717, 1.165) is 11.4 Å². The Bertz CT molecular complexity index is 408. The predicted octanol–water partition coefficient (Wildman–Crippen LogP) is 1.50. The van der Waals surface area contributed by atoms with Crippen LogP contribution in [0.5, 0.6) is 0 Å². The summed E-state index contributed by atoms with van der Waals surface area (Å²) in [5.41, 5.74) is 1.56. The number of rotatable bonds is 3. The number of pyridine rings is 1. The molecule has 0 aliphatic carbocycles. The van der Waals surface area contributed by atoms with Gasteiger partial charge in [-0.3, -0.25) is 9.59 Å². The van der Waals surface area contributed by atoms with Crippen molar-refractivity contribution in [3.05, 3.63) is 33.7 Å². The summed E-state index contributed by atoms with van der Waals surface area (Å²) in [5, 5.41) is 8.71. The van der Waals surface area contributed by atoms with Crippen molar-refractivity contribution in [1.29, 1.82) is 0 Å². The van der Waals surface area contributed by atoms with Crippen molar-refractivity contribution in [2.75, 3.05) is 0 Å². The molecule has 1 heterocycles. The van der Waals surface area contributed by atoms with Gasteiger partial charge in [0, 0.05) is 29.6 Å². The summed E-state index contributed by atoms with van der Waals surface area (Å²) in [6, 6.07) is 2.90. The van der Waals surface area contributed by atoms with Gasteiger partial charge in [0.2, 0.25) is 0 Å². The average Bonchev–Trinajstić information content (AvgIpc) is 1.99. The Balaban J connectivity index is 3.13. The van der Waals surface area contributed by atoms with Crippen molar-refractivity contribution in [1.82, 2.24) is 4.57 Å². The predicted molar refractivity (Wildman–Crippen MR) is 57.1 cm³/mol. The van der Waals surface area contributed by atoms with Crippen LogP contribution in [0.3, 0.4) is 0 Å². The highest BCUT2D eigenvalue weighted by Crippen LogP contribution is 2.15. The van der Waals surface area contributed by atoms with Crippen LogP contribution in [-0.2, 0) is 4.79 Å². The Kier molecular flexibility index (Phi) is 3.29. The molecule has 15 heavy (non-hydrogen) atoms. The van der Waals surface area contributed by atoms with E-state index in [1.807, 2.05) is 25.3 Å². The minimum absolute atomic E-state index is 0.0382. The van der Waals surface area contributed by atoms with E-state index in [9.17, 15) is 9.59 Å². The van der Waals surface area contributed by atoms with Crippen molar-refractivity contribution in [2.24, 2.45) is 0 Å². The fourth-order valence-corrected chi connectivity index (χ4v) is 1.91. The summed E-state index contributed by atoms with van der Waals surface area (Å²) in [5.74, 6) is -0.833. The topological polar surface area (TPSA) is 59.3 Å². The van der Waals surface area contributed by atoms with E-state index in [2.05, 4.69) is 0 Å². The lowest BCUT2D eigenvalue weighted by atomic mass is 10.2. The molecule has 0 aliphatic rings. The third kappa shape index (κ3) is 2.68. The highest BCUT2D eigenvalue weighted by Gasteiger charge is 2.12. The van der Waals surface area contributed by atoms with E-state index < -0.39 is 5.97 Å². The van der Waals surface area contributed by atoms with E-state index >= 15 is 0 Å². The number of aromatic nitrogens is 1. The maximum Gasteiger partial charge on any atom is 0.305 e. The van der Waals surface area contributed by atoms with E-state index in [0.29, 0.717) is 0 Å². The molecule has 1 rings (SSSR count). The number of carbonyl (C=O) groups is 1. The zero-order valence-corrected chi connectivity index (χ0v) is 9.15. The second-order valence-electron chi connectivity index (χ2n) is 3.79. The highest BCUT2D eigenvalue weighted by molar-refractivity contribution is 5.67. The van der Waals surface area contributed by atoms with Gasteiger partial charge in [-0.15, -0.1) is 0 Å². The molecule has 0 bridgehead atoms. The summed E-state index contributed by atoms with van der Waals surface area (Å²) in [6.07, 6.45) is 0.0601. The van der Waals surface area contributed by atoms with Crippen LogP contribution < -0.4 is 5.43 Å². The molecule has 1 aromatic heterocycles. The SMILES string of the molecule is Cc1cc(=O)cc(C)n1C(C)CC(=O)O. The van der Waals surface area contributed by atoms with Gasteiger partial charge in [-0.2, -0.15) is 0 Å². The summed E-state index contributed by atoms with van der Waals surface area (Å²) >= 11 is 0. The summed E-state index contributed by atoms with van der Waals surface area (Å²) < 4.78 is 1.87. The Labute approximate surface area is 88.2 Å². The van der Waals surface area contributed by atoms with Gasteiger partial charge in [0.05, 0.1) is 6.42 Å². The largest absolute Gasteiger partial charge is 0.481 e. The fraction of sp³-hybridized carbons (Fsp3) is 0.455. The number of carboxylic acids is 1. The van der Waals surface area contributed by atoms with Crippen LogP contribution in [0.1, 0.15) is 30.8 Å². The van der Waals surface area contributed by atoms with Crippen LogP contribution in [0.2, 0.25) is 0 Å². The Hall–Kier alpha value is -1.58. The monoisotopic (exact) mass is 209 g/mol. The fourth-order valence-electron chi connectivity index (χ4n) is 1.91. The van der Waals surface area contributed by atoms with Gasteiger partial charge in [0.15, 0.2) is 5.43 Å².